The maximum atomic E-state index is 12.5. The van der Waals surface area contributed by atoms with E-state index in [1.54, 1.807) is 4.90 Å². The van der Waals surface area contributed by atoms with Crippen LogP contribution in [0, 0.1) is 17.8 Å². The van der Waals surface area contributed by atoms with Gasteiger partial charge >= 0.3 is 6.18 Å². The van der Waals surface area contributed by atoms with Gasteiger partial charge in [-0.1, -0.05) is 0 Å². The van der Waals surface area contributed by atoms with Crippen LogP contribution in [0.5, 0.6) is 0 Å². The van der Waals surface area contributed by atoms with Crippen LogP contribution < -0.4 is 0 Å². The minimum absolute atomic E-state index is 0.0275. The Labute approximate surface area is 104 Å². The van der Waals surface area contributed by atoms with Gasteiger partial charge in [-0.15, -0.1) is 0 Å². The monoisotopic (exact) mass is 265 g/mol. The van der Waals surface area contributed by atoms with E-state index in [9.17, 15) is 18.0 Å². The number of aliphatic hydroxyl groups excluding tert-OH is 1. The predicted molar refractivity (Wildman–Crippen MR) is 58.7 cm³/mol. The van der Waals surface area contributed by atoms with E-state index in [0.29, 0.717) is 25.9 Å². The summed E-state index contributed by atoms with van der Waals surface area (Å²) in [6.07, 6.45) is -3.31. The number of aliphatic hydroxyl groups is 1. The van der Waals surface area contributed by atoms with Crippen molar-refractivity contribution in [1.29, 1.82) is 0 Å². The first-order valence-electron chi connectivity index (χ1n) is 6.38. The summed E-state index contributed by atoms with van der Waals surface area (Å²) in [4.78, 5) is 13.6. The molecule has 1 saturated heterocycles. The van der Waals surface area contributed by atoms with E-state index in [2.05, 4.69) is 0 Å². The van der Waals surface area contributed by atoms with Crippen LogP contribution in [-0.4, -0.2) is 41.8 Å². The van der Waals surface area contributed by atoms with Gasteiger partial charge in [-0.2, -0.15) is 13.2 Å². The fourth-order valence-electron chi connectivity index (χ4n) is 2.79. The molecule has 0 radical (unpaired) electrons. The van der Waals surface area contributed by atoms with Crippen molar-refractivity contribution in [3.05, 3.63) is 0 Å². The fourth-order valence-corrected chi connectivity index (χ4v) is 2.79. The van der Waals surface area contributed by atoms with Crippen LogP contribution in [0.2, 0.25) is 0 Å². The lowest BCUT2D eigenvalue weighted by Gasteiger charge is -2.41. The molecule has 2 aliphatic rings. The number of likely N-dealkylation sites (tertiary alicyclic amines) is 1. The highest BCUT2D eigenvalue weighted by Gasteiger charge is 2.43. The van der Waals surface area contributed by atoms with Crippen molar-refractivity contribution in [1.82, 2.24) is 4.90 Å². The lowest BCUT2D eigenvalue weighted by atomic mass is 9.80. The Bertz CT molecular complexity index is 305. The summed E-state index contributed by atoms with van der Waals surface area (Å²) < 4.78 is 37.4. The second kappa shape index (κ2) is 5.07. The van der Waals surface area contributed by atoms with Gasteiger partial charge in [0.1, 0.15) is 0 Å². The standard InChI is InChI=1S/C12H18F3NO2/c13-12(14,15)10-3-1-9(2-4-10)11(18)16-5-8(6-16)7-17/h8-10,17H,1-7H2. The number of halogens is 3. The summed E-state index contributed by atoms with van der Waals surface area (Å²) in [7, 11) is 0. The van der Waals surface area contributed by atoms with Gasteiger partial charge in [0.15, 0.2) is 0 Å². The van der Waals surface area contributed by atoms with Crippen LogP contribution in [0.1, 0.15) is 25.7 Å². The molecule has 1 amide bonds. The Morgan fingerprint density at radius 3 is 2.17 bits per heavy atom. The lowest BCUT2D eigenvalue weighted by Crippen LogP contribution is -2.53. The summed E-state index contributed by atoms with van der Waals surface area (Å²) in [6.45, 7) is 1.17. The van der Waals surface area contributed by atoms with Crippen LogP contribution in [0.4, 0.5) is 13.2 Å². The Morgan fingerprint density at radius 2 is 1.72 bits per heavy atom. The second-order valence-electron chi connectivity index (χ2n) is 5.38. The number of nitrogens with zero attached hydrogens (tertiary/aromatic N) is 1. The van der Waals surface area contributed by atoms with Crippen molar-refractivity contribution < 1.29 is 23.1 Å². The van der Waals surface area contributed by atoms with Gasteiger partial charge in [0, 0.05) is 31.5 Å². The number of alkyl halides is 3. The molecule has 104 valence electrons. The van der Waals surface area contributed by atoms with Gasteiger partial charge in [0.2, 0.25) is 5.91 Å². The van der Waals surface area contributed by atoms with Crippen LogP contribution in [-0.2, 0) is 4.79 Å². The molecule has 0 aromatic carbocycles. The van der Waals surface area contributed by atoms with Gasteiger partial charge in [-0.3, -0.25) is 4.79 Å². The van der Waals surface area contributed by atoms with Crippen molar-refractivity contribution in [3.63, 3.8) is 0 Å². The third-order valence-corrected chi connectivity index (χ3v) is 4.07. The molecule has 2 fully saturated rings. The minimum Gasteiger partial charge on any atom is -0.396 e. The van der Waals surface area contributed by atoms with Crippen molar-refractivity contribution >= 4 is 5.91 Å². The molecule has 0 unspecified atom stereocenters. The van der Waals surface area contributed by atoms with E-state index < -0.39 is 12.1 Å². The molecule has 0 aromatic rings. The van der Waals surface area contributed by atoms with E-state index in [0.717, 1.165) is 0 Å². The Balaban J connectivity index is 1.78. The maximum Gasteiger partial charge on any atom is 0.391 e. The van der Waals surface area contributed by atoms with E-state index >= 15 is 0 Å². The zero-order valence-electron chi connectivity index (χ0n) is 10.1. The SMILES string of the molecule is O=C(C1CCC(C(F)(F)F)CC1)N1CC(CO)C1. The van der Waals surface area contributed by atoms with Crippen LogP contribution >= 0.6 is 0 Å². The summed E-state index contributed by atoms with van der Waals surface area (Å²) in [5, 5.41) is 8.86. The summed E-state index contributed by atoms with van der Waals surface area (Å²) in [5.74, 6) is -1.35. The van der Waals surface area contributed by atoms with Crippen molar-refractivity contribution in [2.45, 2.75) is 31.9 Å². The number of hydrogen-bond donors (Lipinski definition) is 1. The van der Waals surface area contributed by atoms with E-state index in [-0.39, 0.29) is 37.2 Å². The smallest absolute Gasteiger partial charge is 0.391 e. The van der Waals surface area contributed by atoms with Gasteiger partial charge < -0.3 is 10.0 Å². The van der Waals surface area contributed by atoms with Crippen molar-refractivity contribution in [2.75, 3.05) is 19.7 Å². The zero-order chi connectivity index (χ0) is 13.3. The highest BCUT2D eigenvalue weighted by atomic mass is 19.4. The fraction of sp³-hybridized carbons (Fsp3) is 0.917. The minimum atomic E-state index is -4.12. The molecule has 1 aliphatic heterocycles. The normalized spacial score (nSPS) is 30.1. The number of rotatable bonds is 2. The number of amides is 1. The van der Waals surface area contributed by atoms with Crippen LogP contribution in [0.25, 0.3) is 0 Å². The zero-order valence-corrected chi connectivity index (χ0v) is 10.1. The van der Waals surface area contributed by atoms with Crippen molar-refractivity contribution in [2.24, 2.45) is 17.8 Å². The van der Waals surface area contributed by atoms with Crippen molar-refractivity contribution in [3.8, 4) is 0 Å². The highest BCUT2D eigenvalue weighted by Crippen LogP contribution is 2.40. The molecule has 18 heavy (non-hydrogen) atoms. The molecule has 6 heteroatoms. The molecular formula is C12H18F3NO2. The van der Waals surface area contributed by atoms with E-state index in [1.165, 1.54) is 0 Å². The predicted octanol–water partition coefficient (Wildman–Crippen LogP) is 1.81. The van der Waals surface area contributed by atoms with Crippen LogP contribution in [0.15, 0.2) is 0 Å². The molecule has 1 saturated carbocycles. The number of carbonyl (C=O) groups is 1. The number of carbonyl (C=O) groups excluding carboxylic acids is 1. The topological polar surface area (TPSA) is 40.5 Å². The first kappa shape index (κ1) is 13.6. The highest BCUT2D eigenvalue weighted by molar-refractivity contribution is 5.79. The third kappa shape index (κ3) is 2.79. The first-order valence-corrected chi connectivity index (χ1v) is 6.38. The largest absolute Gasteiger partial charge is 0.396 e. The molecule has 0 spiro atoms. The molecule has 1 N–H and O–H groups in total. The summed E-state index contributed by atoms with van der Waals surface area (Å²) >= 11 is 0. The molecule has 0 aromatic heterocycles. The molecule has 0 bridgehead atoms. The molecule has 1 aliphatic carbocycles. The Morgan fingerprint density at radius 1 is 1.17 bits per heavy atom. The first-order chi connectivity index (χ1) is 8.41. The average Bonchev–Trinajstić information content (AvgIpc) is 2.26. The van der Waals surface area contributed by atoms with E-state index in [1.807, 2.05) is 0 Å². The summed E-state index contributed by atoms with van der Waals surface area (Å²) in [6, 6.07) is 0. The molecular weight excluding hydrogens is 247 g/mol. The maximum absolute atomic E-state index is 12.5. The van der Waals surface area contributed by atoms with E-state index in [4.69, 9.17) is 5.11 Å². The van der Waals surface area contributed by atoms with Crippen LogP contribution in [0.3, 0.4) is 0 Å². The van der Waals surface area contributed by atoms with Gasteiger partial charge in [0.25, 0.3) is 0 Å². The Hall–Kier alpha value is -0.780. The van der Waals surface area contributed by atoms with Gasteiger partial charge in [0.05, 0.1) is 5.92 Å². The van der Waals surface area contributed by atoms with Gasteiger partial charge in [-0.25, -0.2) is 0 Å². The molecule has 0 atom stereocenters. The lowest BCUT2D eigenvalue weighted by molar-refractivity contribution is -0.186. The number of hydrogen-bond acceptors (Lipinski definition) is 2. The van der Waals surface area contributed by atoms with Gasteiger partial charge in [-0.05, 0) is 25.7 Å². The molecule has 1 heterocycles. The average molecular weight is 265 g/mol. The quantitative estimate of drug-likeness (QED) is 0.827. The summed E-state index contributed by atoms with van der Waals surface area (Å²) in [5.41, 5.74) is 0. The second-order valence-corrected chi connectivity index (χ2v) is 5.38. The molecule has 2 rings (SSSR count). The molecule has 3 nitrogen and oxygen atoms in total. The Kier molecular flexibility index (Phi) is 3.84. The third-order valence-electron chi connectivity index (χ3n) is 4.07.